The first-order chi connectivity index (χ1) is 14.4. The van der Waals surface area contributed by atoms with Gasteiger partial charge in [-0.05, 0) is 31.0 Å². The van der Waals surface area contributed by atoms with Crippen LogP contribution in [0, 0.1) is 0 Å². The van der Waals surface area contributed by atoms with Crippen molar-refractivity contribution in [2.24, 2.45) is 0 Å². The topological polar surface area (TPSA) is 66.8 Å². The molecule has 4 heterocycles. The number of halogens is 4. The summed E-state index contributed by atoms with van der Waals surface area (Å²) in [5.74, 6) is 1.02. The maximum Gasteiger partial charge on any atom is 0.433 e. The number of piperidine rings is 1. The van der Waals surface area contributed by atoms with Gasteiger partial charge in [0.1, 0.15) is 17.3 Å². The van der Waals surface area contributed by atoms with Gasteiger partial charge in [-0.2, -0.15) is 13.2 Å². The standard InChI is InChI=1S/C20H20ClF3N6/c21-14-5-9-30(10-6-14)12-16-28-18-15(4-2-8-26-18)19(29-16)27-11-13-3-1-7-25-17(13)20(22,23)24/h1-4,7-8,14H,5-6,9-12H2,(H,26,27,28,29). The highest BCUT2D eigenvalue weighted by Crippen LogP contribution is 2.30. The molecule has 1 saturated heterocycles. The van der Waals surface area contributed by atoms with Crippen molar-refractivity contribution in [3.8, 4) is 0 Å². The molecular formula is C20H20ClF3N6. The molecule has 1 aliphatic heterocycles. The number of anilines is 1. The lowest BCUT2D eigenvalue weighted by molar-refractivity contribution is -0.141. The third kappa shape index (κ3) is 4.79. The Kier molecular flexibility index (Phi) is 6.01. The lowest BCUT2D eigenvalue weighted by atomic mass is 10.1. The first-order valence-electron chi connectivity index (χ1n) is 9.63. The summed E-state index contributed by atoms with van der Waals surface area (Å²) < 4.78 is 39.7. The Morgan fingerprint density at radius 3 is 2.57 bits per heavy atom. The van der Waals surface area contributed by atoms with Crippen molar-refractivity contribution < 1.29 is 13.2 Å². The van der Waals surface area contributed by atoms with Gasteiger partial charge in [0.05, 0.1) is 11.9 Å². The number of hydrogen-bond donors (Lipinski definition) is 1. The van der Waals surface area contributed by atoms with E-state index in [1.807, 2.05) is 0 Å². The SMILES string of the molecule is FC(F)(F)c1ncccc1CNc1nc(CN2CCC(Cl)CC2)nc2ncccc12. The molecule has 1 N–H and O–H groups in total. The Morgan fingerprint density at radius 2 is 1.80 bits per heavy atom. The number of nitrogens with zero attached hydrogens (tertiary/aromatic N) is 5. The quantitative estimate of drug-likeness (QED) is 0.603. The molecule has 0 saturated carbocycles. The molecule has 0 atom stereocenters. The normalized spacial score (nSPS) is 16.1. The third-order valence-corrected chi connectivity index (χ3v) is 5.44. The largest absolute Gasteiger partial charge is 0.433 e. The smallest absolute Gasteiger partial charge is 0.365 e. The van der Waals surface area contributed by atoms with Crippen molar-refractivity contribution in [1.29, 1.82) is 0 Å². The number of alkyl halides is 4. The van der Waals surface area contributed by atoms with Crippen molar-refractivity contribution in [1.82, 2.24) is 24.8 Å². The van der Waals surface area contributed by atoms with Crippen molar-refractivity contribution in [2.45, 2.75) is 37.5 Å². The van der Waals surface area contributed by atoms with Gasteiger partial charge in [0.15, 0.2) is 5.65 Å². The average Bonchev–Trinajstić information content (AvgIpc) is 2.73. The van der Waals surface area contributed by atoms with Gasteiger partial charge in [0.2, 0.25) is 0 Å². The van der Waals surface area contributed by atoms with E-state index in [1.54, 1.807) is 18.3 Å². The van der Waals surface area contributed by atoms with Crippen molar-refractivity contribution >= 4 is 28.5 Å². The molecule has 0 unspecified atom stereocenters. The van der Waals surface area contributed by atoms with E-state index in [1.165, 1.54) is 12.1 Å². The molecule has 0 radical (unpaired) electrons. The van der Waals surface area contributed by atoms with Crippen LogP contribution in [0.3, 0.4) is 0 Å². The Morgan fingerprint density at radius 1 is 1.07 bits per heavy atom. The van der Waals surface area contributed by atoms with Crippen LogP contribution in [-0.2, 0) is 19.3 Å². The predicted molar refractivity (Wildman–Crippen MR) is 108 cm³/mol. The molecule has 0 aliphatic carbocycles. The number of aromatic nitrogens is 4. The van der Waals surface area contributed by atoms with Gasteiger partial charge in [-0.1, -0.05) is 6.07 Å². The highest BCUT2D eigenvalue weighted by atomic mass is 35.5. The van der Waals surface area contributed by atoms with Crippen LogP contribution in [0.25, 0.3) is 11.0 Å². The molecule has 3 aromatic heterocycles. The molecule has 0 amide bonds. The summed E-state index contributed by atoms with van der Waals surface area (Å²) in [5.41, 5.74) is -0.357. The van der Waals surface area contributed by atoms with Crippen LogP contribution in [0.2, 0.25) is 0 Å². The number of likely N-dealkylation sites (tertiary alicyclic amines) is 1. The van der Waals surface area contributed by atoms with E-state index >= 15 is 0 Å². The van der Waals surface area contributed by atoms with Gasteiger partial charge >= 0.3 is 6.18 Å². The van der Waals surface area contributed by atoms with Crippen molar-refractivity contribution in [3.05, 3.63) is 53.7 Å². The van der Waals surface area contributed by atoms with Crippen LogP contribution < -0.4 is 5.32 Å². The van der Waals surface area contributed by atoms with Gasteiger partial charge < -0.3 is 5.32 Å². The molecule has 1 fully saturated rings. The highest BCUT2D eigenvalue weighted by Gasteiger charge is 2.34. The summed E-state index contributed by atoms with van der Waals surface area (Å²) in [6.45, 7) is 2.17. The summed E-state index contributed by atoms with van der Waals surface area (Å²) in [6.07, 6.45) is 0.0515. The summed E-state index contributed by atoms with van der Waals surface area (Å²) >= 11 is 6.17. The zero-order chi connectivity index (χ0) is 21.1. The van der Waals surface area contributed by atoms with Gasteiger partial charge in [0.25, 0.3) is 0 Å². The zero-order valence-electron chi connectivity index (χ0n) is 16.0. The molecule has 0 bridgehead atoms. The Balaban J connectivity index is 1.59. The minimum Gasteiger partial charge on any atom is -0.365 e. The zero-order valence-corrected chi connectivity index (χ0v) is 16.8. The van der Waals surface area contributed by atoms with E-state index in [-0.39, 0.29) is 17.5 Å². The molecule has 6 nitrogen and oxygen atoms in total. The number of fused-ring (bicyclic) bond motifs is 1. The van der Waals surface area contributed by atoms with E-state index in [0.717, 1.165) is 32.1 Å². The van der Waals surface area contributed by atoms with Crippen LogP contribution in [0.15, 0.2) is 36.7 Å². The van der Waals surface area contributed by atoms with Crippen LogP contribution >= 0.6 is 11.6 Å². The van der Waals surface area contributed by atoms with E-state index in [2.05, 4.69) is 30.2 Å². The fraction of sp³-hybridized carbons (Fsp3) is 0.400. The lowest BCUT2D eigenvalue weighted by Gasteiger charge is -2.28. The molecule has 10 heteroatoms. The molecular weight excluding hydrogens is 417 g/mol. The maximum atomic E-state index is 13.2. The second kappa shape index (κ2) is 8.69. The number of pyridine rings is 2. The molecule has 0 spiro atoms. The van der Waals surface area contributed by atoms with Crippen LogP contribution in [0.4, 0.5) is 19.0 Å². The second-order valence-electron chi connectivity index (χ2n) is 7.18. The Bertz CT molecular complexity index is 1020. The summed E-state index contributed by atoms with van der Waals surface area (Å²) in [5, 5.41) is 3.88. The molecule has 158 valence electrons. The Labute approximate surface area is 176 Å². The molecule has 0 aromatic carbocycles. The average molecular weight is 437 g/mol. The second-order valence-corrected chi connectivity index (χ2v) is 7.79. The fourth-order valence-electron chi connectivity index (χ4n) is 3.49. The van der Waals surface area contributed by atoms with Gasteiger partial charge in [-0.25, -0.2) is 15.0 Å². The number of nitrogens with one attached hydrogen (secondary N) is 1. The molecule has 3 aromatic rings. The van der Waals surface area contributed by atoms with Gasteiger partial charge in [0, 0.05) is 43.0 Å². The summed E-state index contributed by atoms with van der Waals surface area (Å²) in [6, 6.07) is 6.42. The van der Waals surface area contributed by atoms with Crippen LogP contribution in [-0.4, -0.2) is 43.3 Å². The number of hydrogen-bond acceptors (Lipinski definition) is 6. The van der Waals surface area contributed by atoms with Gasteiger partial charge in [-0.15, -0.1) is 11.6 Å². The van der Waals surface area contributed by atoms with Crippen molar-refractivity contribution in [3.63, 3.8) is 0 Å². The Hall–Kier alpha value is -2.52. The minimum atomic E-state index is -4.52. The summed E-state index contributed by atoms with van der Waals surface area (Å²) in [4.78, 5) is 19.1. The fourth-order valence-corrected chi connectivity index (χ4v) is 3.68. The van der Waals surface area contributed by atoms with E-state index in [4.69, 9.17) is 11.6 Å². The van der Waals surface area contributed by atoms with Crippen molar-refractivity contribution in [2.75, 3.05) is 18.4 Å². The minimum absolute atomic E-state index is 0.0476. The van der Waals surface area contributed by atoms with E-state index < -0.39 is 11.9 Å². The first kappa shape index (κ1) is 20.7. The molecule has 1 aliphatic rings. The van der Waals surface area contributed by atoms with Crippen LogP contribution in [0.5, 0.6) is 0 Å². The number of rotatable bonds is 5. The predicted octanol–water partition coefficient (Wildman–Crippen LogP) is 4.25. The lowest BCUT2D eigenvalue weighted by Crippen LogP contribution is -2.34. The highest BCUT2D eigenvalue weighted by molar-refractivity contribution is 6.20. The molecule has 30 heavy (non-hydrogen) atoms. The monoisotopic (exact) mass is 436 g/mol. The van der Waals surface area contributed by atoms with Crippen LogP contribution in [0.1, 0.15) is 29.9 Å². The first-order valence-corrected chi connectivity index (χ1v) is 10.1. The van der Waals surface area contributed by atoms with E-state index in [0.29, 0.717) is 29.2 Å². The third-order valence-electron chi connectivity index (χ3n) is 5.01. The maximum absolute atomic E-state index is 13.2. The molecule has 4 rings (SSSR count). The summed E-state index contributed by atoms with van der Waals surface area (Å²) in [7, 11) is 0. The van der Waals surface area contributed by atoms with Gasteiger partial charge in [-0.3, -0.25) is 9.88 Å². The van der Waals surface area contributed by atoms with E-state index in [9.17, 15) is 13.2 Å².